The maximum atomic E-state index is 12.3. The summed E-state index contributed by atoms with van der Waals surface area (Å²) in [4.78, 5) is 33.5. The molecular formula is C17H20N4O2S. The highest BCUT2D eigenvalue weighted by molar-refractivity contribution is 7.99. The van der Waals surface area contributed by atoms with Crippen LogP contribution in [-0.2, 0) is 4.79 Å². The second-order valence-electron chi connectivity index (χ2n) is 5.28. The summed E-state index contributed by atoms with van der Waals surface area (Å²) in [5.41, 5.74) is 7.42. The van der Waals surface area contributed by atoms with Crippen molar-refractivity contribution >= 4 is 40.9 Å². The first kappa shape index (κ1) is 17.8. The molecule has 0 fully saturated rings. The molecule has 0 aromatic carbocycles. The fraction of sp³-hybridized carbons (Fsp3) is 0.235. The van der Waals surface area contributed by atoms with E-state index in [1.807, 2.05) is 13.0 Å². The SMILES string of the molecule is C=C/C=C\c1c(C=C)[nH]c2c(=O)[nH]c(SC(C)CCC(N)=O)nc12. The zero-order chi connectivity index (χ0) is 17.7. The van der Waals surface area contributed by atoms with Gasteiger partial charge in [0.1, 0.15) is 11.0 Å². The second-order valence-corrected chi connectivity index (χ2v) is 6.71. The number of nitrogens with one attached hydrogen (secondary N) is 2. The molecule has 2 aromatic heterocycles. The second kappa shape index (κ2) is 7.83. The lowest BCUT2D eigenvalue weighted by atomic mass is 10.2. The summed E-state index contributed by atoms with van der Waals surface area (Å²) in [6.07, 6.45) is 7.84. The Bertz CT molecular complexity index is 863. The van der Waals surface area contributed by atoms with Crippen molar-refractivity contribution in [3.63, 3.8) is 0 Å². The summed E-state index contributed by atoms with van der Waals surface area (Å²) in [5.74, 6) is -0.336. The maximum absolute atomic E-state index is 12.3. The van der Waals surface area contributed by atoms with Crippen molar-refractivity contribution in [2.45, 2.75) is 30.2 Å². The molecule has 0 spiro atoms. The molecule has 7 heteroatoms. The van der Waals surface area contributed by atoms with Crippen LogP contribution in [0.4, 0.5) is 0 Å². The van der Waals surface area contributed by atoms with Crippen molar-refractivity contribution in [3.05, 3.63) is 46.9 Å². The minimum absolute atomic E-state index is 0.100. The predicted molar refractivity (Wildman–Crippen MR) is 99.8 cm³/mol. The number of fused-ring (bicyclic) bond motifs is 1. The van der Waals surface area contributed by atoms with Gasteiger partial charge in [-0.2, -0.15) is 0 Å². The molecule has 24 heavy (non-hydrogen) atoms. The van der Waals surface area contributed by atoms with Crippen LogP contribution >= 0.6 is 11.8 Å². The third kappa shape index (κ3) is 4.05. The molecule has 0 radical (unpaired) electrons. The van der Waals surface area contributed by atoms with Gasteiger partial charge < -0.3 is 10.7 Å². The number of primary amides is 1. The molecule has 1 amide bonds. The lowest BCUT2D eigenvalue weighted by Gasteiger charge is -2.08. The lowest BCUT2D eigenvalue weighted by Crippen LogP contribution is -2.14. The summed E-state index contributed by atoms with van der Waals surface area (Å²) < 4.78 is 0. The zero-order valence-electron chi connectivity index (χ0n) is 13.5. The lowest BCUT2D eigenvalue weighted by molar-refractivity contribution is -0.118. The average Bonchev–Trinajstić information content (AvgIpc) is 2.89. The first-order valence-corrected chi connectivity index (χ1v) is 8.36. The van der Waals surface area contributed by atoms with E-state index in [-0.39, 0.29) is 16.7 Å². The van der Waals surface area contributed by atoms with Crippen molar-refractivity contribution in [1.29, 1.82) is 0 Å². The molecule has 0 saturated heterocycles. The fourth-order valence-corrected chi connectivity index (χ4v) is 3.15. The zero-order valence-corrected chi connectivity index (χ0v) is 14.3. The van der Waals surface area contributed by atoms with E-state index in [0.29, 0.717) is 29.0 Å². The number of rotatable bonds is 8. The van der Waals surface area contributed by atoms with Crippen LogP contribution in [-0.4, -0.2) is 26.1 Å². The number of nitrogens with two attached hydrogens (primary N) is 1. The van der Waals surface area contributed by atoms with Gasteiger partial charge in [-0.3, -0.25) is 14.6 Å². The first-order chi connectivity index (χ1) is 11.5. The summed E-state index contributed by atoms with van der Waals surface area (Å²) in [5, 5.41) is 0.607. The average molecular weight is 344 g/mol. The van der Waals surface area contributed by atoms with E-state index >= 15 is 0 Å². The summed E-state index contributed by atoms with van der Waals surface area (Å²) in [6, 6.07) is 0. The van der Waals surface area contributed by atoms with Crippen LogP contribution in [0.25, 0.3) is 23.2 Å². The predicted octanol–water partition coefficient (Wildman–Crippen LogP) is 2.84. The third-order valence-corrected chi connectivity index (χ3v) is 4.47. The van der Waals surface area contributed by atoms with Crippen molar-refractivity contribution in [2.24, 2.45) is 5.73 Å². The molecule has 6 nitrogen and oxygen atoms in total. The highest BCUT2D eigenvalue weighted by atomic mass is 32.2. The quantitative estimate of drug-likeness (QED) is 0.389. The van der Waals surface area contributed by atoms with Crippen LogP contribution in [0.5, 0.6) is 0 Å². The minimum Gasteiger partial charge on any atom is -0.370 e. The maximum Gasteiger partial charge on any atom is 0.275 e. The normalized spacial score (nSPS) is 12.5. The number of carbonyl (C=O) groups excluding carboxylic acids is 1. The van der Waals surface area contributed by atoms with Crippen LogP contribution in [0.3, 0.4) is 0 Å². The number of hydrogen-bond acceptors (Lipinski definition) is 4. The van der Waals surface area contributed by atoms with E-state index in [1.54, 1.807) is 18.2 Å². The summed E-state index contributed by atoms with van der Waals surface area (Å²) in [6.45, 7) is 9.37. The highest BCUT2D eigenvalue weighted by Gasteiger charge is 2.15. The molecule has 4 N–H and O–H groups in total. The number of allylic oxidation sites excluding steroid dienone is 2. The standard InChI is InChI=1S/C17H20N4O2S/c1-4-6-7-11-12(5-2)19-15-14(11)20-17(21-16(15)23)24-10(3)8-9-13(18)22/h4-7,10,19H,1-2,8-9H2,3H3,(H2,18,22)(H,20,21,23)/b7-6-. The molecule has 0 bridgehead atoms. The molecule has 0 aliphatic carbocycles. The van der Waals surface area contributed by atoms with E-state index in [2.05, 4.69) is 28.1 Å². The number of thioether (sulfide) groups is 1. The Morgan fingerprint density at radius 1 is 1.42 bits per heavy atom. The van der Waals surface area contributed by atoms with Gasteiger partial charge >= 0.3 is 0 Å². The Kier molecular flexibility index (Phi) is 5.81. The number of nitrogens with zero attached hydrogens (tertiary/aromatic N) is 1. The van der Waals surface area contributed by atoms with Crippen molar-refractivity contribution in [3.8, 4) is 0 Å². The number of amides is 1. The minimum atomic E-state index is -0.336. The van der Waals surface area contributed by atoms with Gasteiger partial charge in [0.2, 0.25) is 5.91 Å². The van der Waals surface area contributed by atoms with Gasteiger partial charge in [0, 0.05) is 22.9 Å². The smallest absolute Gasteiger partial charge is 0.275 e. The van der Waals surface area contributed by atoms with Gasteiger partial charge in [0.15, 0.2) is 5.16 Å². The Hall–Kier alpha value is -2.54. The van der Waals surface area contributed by atoms with Gasteiger partial charge in [-0.05, 0) is 12.5 Å². The van der Waals surface area contributed by atoms with Crippen molar-refractivity contribution < 1.29 is 4.79 Å². The summed E-state index contributed by atoms with van der Waals surface area (Å²) in [7, 11) is 0. The molecule has 2 aromatic rings. The number of aromatic nitrogens is 3. The van der Waals surface area contributed by atoms with Crippen LogP contribution in [0.15, 0.2) is 35.3 Å². The van der Waals surface area contributed by atoms with E-state index in [1.165, 1.54) is 11.8 Å². The van der Waals surface area contributed by atoms with E-state index in [0.717, 1.165) is 11.3 Å². The number of aromatic amines is 2. The molecule has 1 atom stereocenters. The molecule has 1 unspecified atom stereocenters. The molecule has 0 saturated carbocycles. The Labute approximate surface area is 143 Å². The highest BCUT2D eigenvalue weighted by Crippen LogP contribution is 2.26. The van der Waals surface area contributed by atoms with Gasteiger partial charge in [0.25, 0.3) is 5.56 Å². The molecule has 2 rings (SSSR count). The van der Waals surface area contributed by atoms with Gasteiger partial charge in [-0.25, -0.2) is 4.98 Å². The molecule has 0 aliphatic rings. The Morgan fingerprint density at radius 3 is 2.79 bits per heavy atom. The van der Waals surface area contributed by atoms with Crippen molar-refractivity contribution in [2.75, 3.05) is 0 Å². The van der Waals surface area contributed by atoms with E-state index in [4.69, 9.17) is 5.73 Å². The molecule has 2 heterocycles. The molecule has 0 aliphatic heterocycles. The van der Waals surface area contributed by atoms with E-state index in [9.17, 15) is 9.59 Å². The van der Waals surface area contributed by atoms with Crippen LogP contribution in [0, 0.1) is 0 Å². The summed E-state index contributed by atoms with van der Waals surface area (Å²) >= 11 is 1.41. The number of hydrogen-bond donors (Lipinski definition) is 3. The van der Waals surface area contributed by atoms with Crippen molar-refractivity contribution in [1.82, 2.24) is 15.0 Å². The van der Waals surface area contributed by atoms with Gasteiger partial charge in [-0.1, -0.05) is 50.1 Å². The Balaban J connectivity index is 2.41. The topological polar surface area (TPSA) is 105 Å². The molecule has 126 valence electrons. The van der Waals surface area contributed by atoms with Crippen LogP contribution < -0.4 is 11.3 Å². The van der Waals surface area contributed by atoms with E-state index < -0.39 is 0 Å². The first-order valence-electron chi connectivity index (χ1n) is 7.48. The Morgan fingerprint density at radius 2 is 2.17 bits per heavy atom. The fourth-order valence-electron chi connectivity index (χ4n) is 2.24. The van der Waals surface area contributed by atoms with Crippen LogP contribution in [0.2, 0.25) is 0 Å². The third-order valence-electron chi connectivity index (χ3n) is 3.42. The molecular weight excluding hydrogens is 324 g/mol. The number of carbonyl (C=O) groups is 1. The largest absolute Gasteiger partial charge is 0.370 e. The van der Waals surface area contributed by atoms with Crippen LogP contribution in [0.1, 0.15) is 31.0 Å². The van der Waals surface area contributed by atoms with Gasteiger partial charge in [0.05, 0.1) is 0 Å². The number of H-pyrrole nitrogens is 2. The monoisotopic (exact) mass is 344 g/mol. The van der Waals surface area contributed by atoms with Gasteiger partial charge in [-0.15, -0.1) is 0 Å².